The molecule has 1 aliphatic rings. The molecule has 2 aromatic rings. The first-order valence-electron chi connectivity index (χ1n) is 7.62. The van der Waals surface area contributed by atoms with Crippen molar-refractivity contribution in [1.29, 1.82) is 0 Å². The molecule has 1 fully saturated rings. The number of rotatable bonds is 6. The average Bonchev–Trinajstić information content (AvgIpc) is 3.13. The van der Waals surface area contributed by atoms with E-state index in [-0.39, 0.29) is 0 Å². The minimum atomic E-state index is 0.366. The van der Waals surface area contributed by atoms with E-state index in [1.165, 1.54) is 18.4 Å². The molecule has 2 aromatic heterocycles. The summed E-state index contributed by atoms with van der Waals surface area (Å²) in [5.41, 5.74) is 3.47. The van der Waals surface area contributed by atoms with Gasteiger partial charge >= 0.3 is 0 Å². The highest BCUT2D eigenvalue weighted by atomic mass is 16.5. The molecular weight excluding hydrogens is 264 g/mol. The third-order valence-corrected chi connectivity index (χ3v) is 3.97. The number of hydrogen-bond acceptors (Lipinski definition) is 4. The molecule has 3 rings (SSSR count). The number of ether oxygens (including phenoxy) is 1. The summed E-state index contributed by atoms with van der Waals surface area (Å²) in [5, 5.41) is 10.4. The van der Waals surface area contributed by atoms with Crippen LogP contribution in [0.5, 0.6) is 5.88 Å². The molecule has 5 nitrogen and oxygen atoms in total. The van der Waals surface area contributed by atoms with E-state index < -0.39 is 0 Å². The third kappa shape index (κ3) is 3.82. The summed E-state index contributed by atoms with van der Waals surface area (Å²) >= 11 is 0. The molecule has 0 aliphatic heterocycles. The van der Waals surface area contributed by atoms with E-state index in [1.54, 1.807) is 0 Å². The topological polar surface area (TPSA) is 62.8 Å². The summed E-state index contributed by atoms with van der Waals surface area (Å²) in [5.74, 6) is 0.747. The molecule has 0 unspecified atom stereocenters. The predicted octanol–water partition coefficient (Wildman–Crippen LogP) is 2.72. The van der Waals surface area contributed by atoms with Gasteiger partial charge in [-0.1, -0.05) is 6.07 Å². The van der Waals surface area contributed by atoms with E-state index >= 15 is 0 Å². The lowest BCUT2D eigenvalue weighted by molar-refractivity contribution is 0.201. The molecule has 1 aliphatic carbocycles. The normalized spacial score (nSPS) is 15.5. The van der Waals surface area contributed by atoms with E-state index in [0.29, 0.717) is 6.10 Å². The van der Waals surface area contributed by atoms with Crippen LogP contribution in [0, 0.1) is 6.92 Å². The maximum atomic E-state index is 5.87. The minimum absolute atomic E-state index is 0.366. The smallest absolute Gasteiger partial charge is 0.213 e. The summed E-state index contributed by atoms with van der Waals surface area (Å²) in [7, 11) is 0. The van der Waals surface area contributed by atoms with E-state index in [2.05, 4.69) is 26.6 Å². The van der Waals surface area contributed by atoms with E-state index in [9.17, 15) is 0 Å². The van der Waals surface area contributed by atoms with Crippen LogP contribution in [0.25, 0.3) is 0 Å². The Balaban J connectivity index is 1.46. The Hall–Kier alpha value is -1.88. The number of hydrogen-bond donors (Lipinski definition) is 2. The van der Waals surface area contributed by atoms with Gasteiger partial charge in [0.15, 0.2) is 0 Å². The second-order valence-electron chi connectivity index (χ2n) is 5.65. The third-order valence-electron chi connectivity index (χ3n) is 3.97. The molecule has 0 aromatic carbocycles. The molecule has 2 N–H and O–H groups in total. The van der Waals surface area contributed by atoms with Crippen molar-refractivity contribution < 1.29 is 4.74 Å². The summed E-state index contributed by atoms with van der Waals surface area (Å²) in [6.45, 7) is 3.63. The van der Waals surface area contributed by atoms with E-state index in [1.807, 2.05) is 25.4 Å². The van der Waals surface area contributed by atoms with Crippen molar-refractivity contribution in [2.45, 2.75) is 51.8 Å². The van der Waals surface area contributed by atoms with Gasteiger partial charge in [-0.05, 0) is 38.2 Å². The number of H-pyrrole nitrogens is 1. The molecule has 112 valence electrons. The summed E-state index contributed by atoms with van der Waals surface area (Å²) in [6.07, 6.45) is 8.99. The van der Waals surface area contributed by atoms with Gasteiger partial charge in [0.1, 0.15) is 6.10 Å². The van der Waals surface area contributed by atoms with Crippen molar-refractivity contribution in [1.82, 2.24) is 20.5 Å². The van der Waals surface area contributed by atoms with Crippen molar-refractivity contribution in [3.63, 3.8) is 0 Å². The highest BCUT2D eigenvalue weighted by molar-refractivity contribution is 5.19. The molecule has 0 spiro atoms. The van der Waals surface area contributed by atoms with Gasteiger partial charge in [0.25, 0.3) is 0 Å². The Kier molecular flexibility index (Phi) is 4.50. The van der Waals surface area contributed by atoms with Crippen LogP contribution in [0.2, 0.25) is 0 Å². The van der Waals surface area contributed by atoms with Crippen LogP contribution < -0.4 is 10.1 Å². The average molecular weight is 286 g/mol. The Morgan fingerprint density at radius 1 is 1.24 bits per heavy atom. The van der Waals surface area contributed by atoms with Gasteiger partial charge in [0.05, 0.1) is 6.20 Å². The Morgan fingerprint density at radius 2 is 2.10 bits per heavy atom. The van der Waals surface area contributed by atoms with Crippen molar-refractivity contribution in [3.8, 4) is 5.88 Å². The second-order valence-corrected chi connectivity index (χ2v) is 5.65. The fraction of sp³-hybridized carbons (Fsp3) is 0.500. The molecule has 1 saturated carbocycles. The molecule has 0 radical (unpaired) electrons. The maximum absolute atomic E-state index is 5.87. The molecule has 2 heterocycles. The van der Waals surface area contributed by atoms with Crippen LogP contribution >= 0.6 is 0 Å². The van der Waals surface area contributed by atoms with Gasteiger partial charge in [-0.3, -0.25) is 5.10 Å². The first-order chi connectivity index (χ1) is 10.3. The van der Waals surface area contributed by atoms with Gasteiger partial charge in [-0.15, -0.1) is 0 Å². The largest absolute Gasteiger partial charge is 0.474 e. The minimum Gasteiger partial charge on any atom is -0.474 e. The van der Waals surface area contributed by atoms with Crippen LogP contribution in [-0.2, 0) is 13.1 Å². The van der Waals surface area contributed by atoms with Crippen LogP contribution in [0.4, 0.5) is 0 Å². The second kappa shape index (κ2) is 6.72. The lowest BCUT2D eigenvalue weighted by Gasteiger charge is -2.12. The lowest BCUT2D eigenvalue weighted by Crippen LogP contribution is -2.14. The van der Waals surface area contributed by atoms with Crippen molar-refractivity contribution >= 4 is 0 Å². The summed E-state index contributed by atoms with van der Waals surface area (Å²) < 4.78 is 5.87. The maximum Gasteiger partial charge on any atom is 0.213 e. The zero-order valence-corrected chi connectivity index (χ0v) is 12.4. The van der Waals surface area contributed by atoms with Gasteiger partial charge in [0.2, 0.25) is 5.88 Å². The number of aryl methyl sites for hydroxylation is 1. The van der Waals surface area contributed by atoms with Gasteiger partial charge in [-0.25, -0.2) is 4.98 Å². The van der Waals surface area contributed by atoms with Crippen molar-refractivity contribution in [2.24, 2.45) is 0 Å². The van der Waals surface area contributed by atoms with Gasteiger partial charge in [-0.2, -0.15) is 5.10 Å². The van der Waals surface area contributed by atoms with Crippen LogP contribution in [0.1, 0.15) is 42.5 Å². The zero-order chi connectivity index (χ0) is 14.5. The zero-order valence-electron chi connectivity index (χ0n) is 12.4. The Labute approximate surface area is 125 Å². The van der Waals surface area contributed by atoms with Crippen molar-refractivity contribution in [3.05, 3.63) is 41.3 Å². The van der Waals surface area contributed by atoms with Crippen LogP contribution in [0.3, 0.4) is 0 Å². The highest BCUT2D eigenvalue weighted by Gasteiger charge is 2.16. The standard InChI is InChI=1S/C16H22N4O/c1-12-14(11-19-20-12)10-17-8-13-6-7-16(18-9-13)21-15-4-2-3-5-15/h6-7,9,11,15,17H,2-5,8,10H2,1H3,(H,19,20). The number of nitrogens with zero attached hydrogens (tertiary/aromatic N) is 2. The summed E-state index contributed by atoms with van der Waals surface area (Å²) in [4.78, 5) is 4.39. The van der Waals surface area contributed by atoms with Crippen LogP contribution in [-0.4, -0.2) is 21.3 Å². The Morgan fingerprint density at radius 3 is 2.76 bits per heavy atom. The van der Waals surface area contributed by atoms with Crippen LogP contribution in [0.15, 0.2) is 24.5 Å². The molecule has 0 atom stereocenters. The molecule has 0 bridgehead atoms. The fourth-order valence-electron chi connectivity index (χ4n) is 2.66. The molecule has 5 heteroatoms. The number of aromatic nitrogens is 3. The van der Waals surface area contributed by atoms with Gasteiger partial charge < -0.3 is 10.1 Å². The summed E-state index contributed by atoms with van der Waals surface area (Å²) in [6, 6.07) is 4.05. The van der Waals surface area contributed by atoms with Gasteiger partial charge in [0, 0.05) is 36.6 Å². The quantitative estimate of drug-likeness (QED) is 0.857. The van der Waals surface area contributed by atoms with Crippen molar-refractivity contribution in [2.75, 3.05) is 0 Å². The molecule has 21 heavy (non-hydrogen) atoms. The number of pyridine rings is 1. The Bertz CT molecular complexity index is 558. The fourth-order valence-corrected chi connectivity index (χ4v) is 2.66. The predicted molar refractivity (Wildman–Crippen MR) is 81.0 cm³/mol. The molecular formula is C16H22N4O. The first-order valence-corrected chi connectivity index (χ1v) is 7.62. The number of aromatic amines is 1. The highest BCUT2D eigenvalue weighted by Crippen LogP contribution is 2.22. The number of nitrogens with one attached hydrogen (secondary N) is 2. The van der Waals surface area contributed by atoms with E-state index in [0.717, 1.165) is 43.1 Å². The monoisotopic (exact) mass is 286 g/mol. The molecule has 0 saturated heterocycles. The SMILES string of the molecule is Cc1[nH]ncc1CNCc1ccc(OC2CCCC2)nc1. The first kappa shape index (κ1) is 14.1. The lowest BCUT2D eigenvalue weighted by atomic mass is 10.2. The van der Waals surface area contributed by atoms with E-state index in [4.69, 9.17) is 4.74 Å². The molecule has 0 amide bonds.